The van der Waals surface area contributed by atoms with Crippen LogP contribution in [0.5, 0.6) is 0 Å². The molecule has 0 bridgehead atoms. The number of rotatable bonds is 4. The molecule has 0 spiro atoms. The maximum absolute atomic E-state index is 3.36. The highest BCUT2D eigenvalue weighted by Crippen LogP contribution is 2.39. The minimum Gasteiger partial charge on any atom is -0.387 e. The van der Waals surface area contributed by atoms with Crippen molar-refractivity contribution in [1.29, 1.82) is 0 Å². The molecule has 0 aliphatic rings. The van der Waals surface area contributed by atoms with Crippen LogP contribution in [0.3, 0.4) is 0 Å². The Morgan fingerprint density at radius 1 is 1.15 bits per heavy atom. The number of thiophene rings is 1. The average molecular weight is 285 g/mol. The molecular weight excluding hydrogens is 262 g/mol. The molecule has 0 radical (unpaired) electrons. The first-order chi connectivity index (χ1) is 9.54. The Balaban J connectivity index is 2.66. The summed E-state index contributed by atoms with van der Waals surface area (Å²) in [4.78, 5) is 1.36. The Labute approximate surface area is 126 Å². The minimum atomic E-state index is 0.518. The van der Waals surface area contributed by atoms with E-state index >= 15 is 0 Å². The van der Waals surface area contributed by atoms with Crippen LogP contribution in [0.2, 0.25) is 0 Å². The monoisotopic (exact) mass is 285 g/mol. The van der Waals surface area contributed by atoms with E-state index in [0.29, 0.717) is 5.92 Å². The van der Waals surface area contributed by atoms with E-state index in [-0.39, 0.29) is 0 Å². The van der Waals surface area contributed by atoms with Crippen LogP contribution in [0.1, 0.15) is 44.1 Å². The fraction of sp³-hybridized carbons (Fsp3) is 0.333. The molecule has 0 aliphatic heterocycles. The highest BCUT2D eigenvalue weighted by Gasteiger charge is 2.16. The lowest BCUT2D eigenvalue weighted by molar-refractivity contribution is 0.875. The fourth-order valence-corrected chi connectivity index (χ4v) is 3.75. The third-order valence-electron chi connectivity index (χ3n) is 3.31. The van der Waals surface area contributed by atoms with Crippen LogP contribution in [0.4, 0.5) is 0 Å². The van der Waals surface area contributed by atoms with Crippen molar-refractivity contribution in [2.24, 2.45) is 0 Å². The molecule has 0 saturated carbocycles. The second-order valence-electron chi connectivity index (χ2n) is 5.57. The van der Waals surface area contributed by atoms with Gasteiger partial charge in [-0.2, -0.15) is 0 Å². The normalized spacial score (nSPS) is 12.0. The molecule has 20 heavy (non-hydrogen) atoms. The van der Waals surface area contributed by atoms with Gasteiger partial charge in [-0.1, -0.05) is 43.7 Å². The summed E-state index contributed by atoms with van der Waals surface area (Å²) in [6.45, 7) is 8.79. The summed E-state index contributed by atoms with van der Waals surface area (Å²) in [7, 11) is 2.00. The molecule has 0 aliphatic carbocycles. The first kappa shape index (κ1) is 14.9. The molecule has 0 fully saturated rings. The third kappa shape index (κ3) is 2.96. The number of fused-ring (bicyclic) bond motifs is 1. The van der Waals surface area contributed by atoms with Crippen molar-refractivity contribution in [3.8, 4) is 0 Å². The maximum Gasteiger partial charge on any atom is 0.0549 e. The zero-order chi connectivity index (χ0) is 14.7. The highest BCUT2D eigenvalue weighted by molar-refractivity contribution is 7.20. The van der Waals surface area contributed by atoms with Gasteiger partial charge in [-0.3, -0.25) is 0 Å². The average Bonchev–Trinajstić information content (AvgIpc) is 2.78. The SMILES string of the molecule is CN/C(=C\C=C(C)C)c1sc2ccccc2c1C(C)C. The molecule has 2 rings (SSSR count). The summed E-state index contributed by atoms with van der Waals surface area (Å²) in [5.74, 6) is 0.518. The van der Waals surface area contributed by atoms with E-state index in [1.807, 2.05) is 18.4 Å². The summed E-state index contributed by atoms with van der Waals surface area (Å²) in [6.07, 6.45) is 4.35. The molecule has 1 aromatic carbocycles. The molecule has 1 heterocycles. The van der Waals surface area contributed by atoms with Gasteiger partial charge in [0.05, 0.1) is 10.6 Å². The fourth-order valence-electron chi connectivity index (χ4n) is 2.36. The molecule has 2 heteroatoms. The van der Waals surface area contributed by atoms with Crippen LogP contribution in [0.25, 0.3) is 15.8 Å². The summed E-state index contributed by atoms with van der Waals surface area (Å²) >= 11 is 1.88. The lowest BCUT2D eigenvalue weighted by atomic mass is 9.98. The van der Waals surface area contributed by atoms with Crippen LogP contribution in [0, 0.1) is 0 Å². The predicted molar refractivity (Wildman–Crippen MR) is 92.4 cm³/mol. The molecule has 1 nitrogen and oxygen atoms in total. The summed E-state index contributed by atoms with van der Waals surface area (Å²) in [5, 5.41) is 4.75. The number of hydrogen-bond donors (Lipinski definition) is 1. The van der Waals surface area contributed by atoms with E-state index in [4.69, 9.17) is 0 Å². The van der Waals surface area contributed by atoms with E-state index in [1.165, 1.54) is 31.8 Å². The van der Waals surface area contributed by atoms with Gasteiger partial charge < -0.3 is 5.32 Å². The quantitative estimate of drug-likeness (QED) is 0.726. The third-order valence-corrected chi connectivity index (χ3v) is 4.53. The first-order valence-corrected chi connectivity index (χ1v) is 7.91. The van der Waals surface area contributed by atoms with Crippen molar-refractivity contribution in [3.05, 3.63) is 52.4 Å². The number of benzene rings is 1. The Morgan fingerprint density at radius 2 is 1.85 bits per heavy atom. The molecule has 1 aromatic heterocycles. The number of nitrogens with one attached hydrogen (secondary N) is 1. The van der Waals surface area contributed by atoms with Crippen molar-refractivity contribution in [1.82, 2.24) is 5.32 Å². The van der Waals surface area contributed by atoms with E-state index < -0.39 is 0 Å². The van der Waals surface area contributed by atoms with Crippen molar-refractivity contribution >= 4 is 27.1 Å². The van der Waals surface area contributed by atoms with Crippen molar-refractivity contribution in [2.75, 3.05) is 7.05 Å². The lowest BCUT2D eigenvalue weighted by Crippen LogP contribution is -2.05. The lowest BCUT2D eigenvalue weighted by Gasteiger charge is -2.11. The zero-order valence-corrected chi connectivity index (χ0v) is 13.8. The zero-order valence-electron chi connectivity index (χ0n) is 12.9. The van der Waals surface area contributed by atoms with Crippen LogP contribution in [0.15, 0.2) is 42.0 Å². The maximum atomic E-state index is 3.36. The van der Waals surface area contributed by atoms with Gasteiger partial charge in [-0.05, 0) is 42.9 Å². The van der Waals surface area contributed by atoms with Crippen LogP contribution in [-0.4, -0.2) is 7.05 Å². The van der Waals surface area contributed by atoms with Gasteiger partial charge in [0.2, 0.25) is 0 Å². The Hall–Kier alpha value is -1.54. The van der Waals surface area contributed by atoms with Gasteiger partial charge in [0.25, 0.3) is 0 Å². The first-order valence-electron chi connectivity index (χ1n) is 7.09. The van der Waals surface area contributed by atoms with Gasteiger partial charge in [-0.15, -0.1) is 11.3 Å². The van der Waals surface area contributed by atoms with Crippen LogP contribution >= 0.6 is 11.3 Å². The second kappa shape index (κ2) is 6.27. The summed E-state index contributed by atoms with van der Waals surface area (Å²) in [6, 6.07) is 8.69. The Bertz CT molecular complexity index is 655. The largest absolute Gasteiger partial charge is 0.387 e. The standard InChI is InChI=1S/C18H23NS/c1-12(2)10-11-15(19-5)18-17(13(3)4)14-8-6-7-9-16(14)20-18/h6-11,13,19H,1-5H3/b15-11-. The van der Waals surface area contributed by atoms with E-state index in [9.17, 15) is 0 Å². The molecule has 0 atom stereocenters. The highest BCUT2D eigenvalue weighted by atomic mass is 32.1. The van der Waals surface area contributed by atoms with Gasteiger partial charge >= 0.3 is 0 Å². The Morgan fingerprint density at radius 3 is 2.45 bits per heavy atom. The number of hydrogen-bond acceptors (Lipinski definition) is 2. The molecular formula is C18H23NS. The van der Waals surface area contributed by atoms with Crippen molar-refractivity contribution in [2.45, 2.75) is 33.6 Å². The molecule has 0 unspecified atom stereocenters. The molecule has 1 N–H and O–H groups in total. The van der Waals surface area contributed by atoms with E-state index in [1.54, 1.807) is 0 Å². The van der Waals surface area contributed by atoms with Gasteiger partial charge in [0, 0.05) is 11.7 Å². The van der Waals surface area contributed by atoms with Crippen molar-refractivity contribution < 1.29 is 0 Å². The van der Waals surface area contributed by atoms with Crippen molar-refractivity contribution in [3.63, 3.8) is 0 Å². The van der Waals surface area contributed by atoms with Gasteiger partial charge in [0.1, 0.15) is 0 Å². The number of allylic oxidation sites excluding steroid dienone is 3. The molecule has 106 valence electrons. The minimum absolute atomic E-state index is 0.518. The summed E-state index contributed by atoms with van der Waals surface area (Å²) in [5.41, 5.74) is 3.97. The van der Waals surface area contributed by atoms with E-state index in [2.05, 4.69) is 69.4 Å². The van der Waals surface area contributed by atoms with Crippen LogP contribution in [-0.2, 0) is 0 Å². The smallest absolute Gasteiger partial charge is 0.0549 e. The van der Waals surface area contributed by atoms with Gasteiger partial charge in [-0.25, -0.2) is 0 Å². The summed E-state index contributed by atoms with van der Waals surface area (Å²) < 4.78 is 1.37. The molecule has 2 aromatic rings. The molecule has 0 saturated heterocycles. The topological polar surface area (TPSA) is 12.0 Å². The Kier molecular flexibility index (Phi) is 4.66. The van der Waals surface area contributed by atoms with Gasteiger partial charge in [0.15, 0.2) is 0 Å². The van der Waals surface area contributed by atoms with E-state index in [0.717, 1.165) is 0 Å². The second-order valence-corrected chi connectivity index (χ2v) is 6.62. The molecule has 0 amide bonds. The van der Waals surface area contributed by atoms with Crippen LogP contribution < -0.4 is 5.32 Å². The predicted octanol–water partition coefficient (Wildman–Crippen LogP) is 5.55.